The molecule has 92 valence electrons. The van der Waals surface area contributed by atoms with Crippen LogP contribution < -0.4 is 5.73 Å². The number of hydrogen-bond acceptors (Lipinski definition) is 2. The molecule has 2 rings (SSSR count). The predicted molar refractivity (Wildman–Crippen MR) is 71.9 cm³/mol. The van der Waals surface area contributed by atoms with E-state index < -0.39 is 0 Å². The Morgan fingerprint density at radius 2 is 2.12 bits per heavy atom. The molecule has 0 fully saturated rings. The highest BCUT2D eigenvalue weighted by Crippen LogP contribution is 2.26. The molecule has 3 heteroatoms. The first-order chi connectivity index (χ1) is 7.95. The number of aryl methyl sites for hydroxylation is 2. The Kier molecular flexibility index (Phi) is 2.96. The van der Waals surface area contributed by atoms with Crippen molar-refractivity contribution in [1.82, 2.24) is 9.55 Å². The van der Waals surface area contributed by atoms with Crippen molar-refractivity contribution >= 4 is 11.0 Å². The highest BCUT2D eigenvalue weighted by molar-refractivity contribution is 5.77. The summed E-state index contributed by atoms with van der Waals surface area (Å²) >= 11 is 0. The summed E-state index contributed by atoms with van der Waals surface area (Å²) in [5.41, 5.74) is 9.44. The zero-order valence-electron chi connectivity index (χ0n) is 11.1. The number of aromatic nitrogens is 2. The second-order valence-electron chi connectivity index (χ2n) is 5.15. The summed E-state index contributed by atoms with van der Waals surface area (Å²) < 4.78 is 2.12. The van der Waals surface area contributed by atoms with E-state index in [1.807, 2.05) is 7.05 Å². The molecule has 1 unspecified atom stereocenters. The molecule has 1 atom stereocenters. The molecule has 0 aliphatic heterocycles. The molecule has 1 aromatic heterocycles. The van der Waals surface area contributed by atoms with E-state index in [0.717, 1.165) is 29.7 Å². The van der Waals surface area contributed by atoms with Crippen LogP contribution >= 0.6 is 0 Å². The standard InChI is InChI=1S/C14H21N3/c1-5-8-14(3,15)13-16-11-9-10(2)6-7-12(11)17(13)4/h6-7,9H,5,8,15H2,1-4H3. The fraction of sp³-hybridized carbons (Fsp3) is 0.500. The lowest BCUT2D eigenvalue weighted by molar-refractivity contribution is 0.410. The van der Waals surface area contributed by atoms with Gasteiger partial charge in [0.1, 0.15) is 5.82 Å². The molecular formula is C14H21N3. The van der Waals surface area contributed by atoms with Gasteiger partial charge in [-0.15, -0.1) is 0 Å². The van der Waals surface area contributed by atoms with Gasteiger partial charge in [-0.3, -0.25) is 0 Å². The van der Waals surface area contributed by atoms with Crippen molar-refractivity contribution in [2.45, 2.75) is 39.2 Å². The molecule has 0 spiro atoms. The first kappa shape index (κ1) is 12.1. The summed E-state index contributed by atoms with van der Waals surface area (Å²) in [4.78, 5) is 4.70. The molecule has 17 heavy (non-hydrogen) atoms. The molecule has 0 radical (unpaired) electrons. The molecule has 1 aromatic carbocycles. The molecule has 0 aliphatic carbocycles. The van der Waals surface area contributed by atoms with Gasteiger partial charge in [0, 0.05) is 7.05 Å². The van der Waals surface area contributed by atoms with Gasteiger partial charge in [0.25, 0.3) is 0 Å². The highest BCUT2D eigenvalue weighted by atomic mass is 15.1. The summed E-state index contributed by atoms with van der Waals surface area (Å²) in [5, 5.41) is 0. The van der Waals surface area contributed by atoms with Gasteiger partial charge in [-0.25, -0.2) is 4.98 Å². The lowest BCUT2D eigenvalue weighted by atomic mass is 9.97. The van der Waals surface area contributed by atoms with Crippen LogP contribution in [0.5, 0.6) is 0 Å². The van der Waals surface area contributed by atoms with Crippen LogP contribution in [0.4, 0.5) is 0 Å². The van der Waals surface area contributed by atoms with Gasteiger partial charge in [0.05, 0.1) is 16.6 Å². The third-order valence-corrected chi connectivity index (χ3v) is 3.32. The van der Waals surface area contributed by atoms with Gasteiger partial charge in [-0.1, -0.05) is 19.4 Å². The van der Waals surface area contributed by atoms with Crippen LogP contribution in [-0.4, -0.2) is 9.55 Å². The molecule has 1 heterocycles. The summed E-state index contributed by atoms with van der Waals surface area (Å²) in [6.45, 7) is 6.30. The lowest BCUT2D eigenvalue weighted by Gasteiger charge is -2.23. The first-order valence-electron chi connectivity index (χ1n) is 6.18. The zero-order valence-corrected chi connectivity index (χ0v) is 11.1. The van der Waals surface area contributed by atoms with Crippen LogP contribution in [0.15, 0.2) is 18.2 Å². The molecule has 2 aromatic rings. The van der Waals surface area contributed by atoms with E-state index in [9.17, 15) is 0 Å². The van der Waals surface area contributed by atoms with Gasteiger partial charge in [0.15, 0.2) is 0 Å². The topological polar surface area (TPSA) is 43.8 Å². The van der Waals surface area contributed by atoms with Gasteiger partial charge in [0.2, 0.25) is 0 Å². The minimum Gasteiger partial charge on any atom is -0.330 e. The lowest BCUT2D eigenvalue weighted by Crippen LogP contribution is -2.35. The average Bonchev–Trinajstić information content (AvgIpc) is 2.56. The molecule has 0 bridgehead atoms. The highest BCUT2D eigenvalue weighted by Gasteiger charge is 2.26. The molecule has 3 nitrogen and oxygen atoms in total. The van der Waals surface area contributed by atoms with Gasteiger partial charge in [-0.05, 0) is 38.0 Å². The quantitative estimate of drug-likeness (QED) is 0.882. The van der Waals surface area contributed by atoms with Crippen molar-refractivity contribution in [3.63, 3.8) is 0 Å². The number of benzene rings is 1. The van der Waals surface area contributed by atoms with Crippen LogP contribution in [-0.2, 0) is 12.6 Å². The zero-order chi connectivity index (χ0) is 12.6. The monoisotopic (exact) mass is 231 g/mol. The molecule has 2 N–H and O–H groups in total. The van der Waals surface area contributed by atoms with E-state index in [1.54, 1.807) is 0 Å². The third-order valence-electron chi connectivity index (χ3n) is 3.32. The van der Waals surface area contributed by atoms with Crippen molar-refractivity contribution in [1.29, 1.82) is 0 Å². The average molecular weight is 231 g/mol. The summed E-state index contributed by atoms with van der Waals surface area (Å²) in [7, 11) is 2.04. The Morgan fingerprint density at radius 1 is 1.41 bits per heavy atom. The number of rotatable bonds is 3. The maximum absolute atomic E-state index is 6.37. The molecule has 0 amide bonds. The number of imidazole rings is 1. The van der Waals surface area contributed by atoms with Crippen LogP contribution in [0.2, 0.25) is 0 Å². The van der Waals surface area contributed by atoms with Crippen molar-refractivity contribution in [2.75, 3.05) is 0 Å². The van der Waals surface area contributed by atoms with E-state index in [0.29, 0.717) is 0 Å². The number of fused-ring (bicyclic) bond motifs is 1. The number of nitrogens with zero attached hydrogens (tertiary/aromatic N) is 2. The van der Waals surface area contributed by atoms with Crippen molar-refractivity contribution < 1.29 is 0 Å². The van der Waals surface area contributed by atoms with Gasteiger partial charge >= 0.3 is 0 Å². The minimum atomic E-state index is -0.351. The molecule has 0 aliphatic rings. The van der Waals surface area contributed by atoms with Crippen LogP contribution in [0.1, 0.15) is 38.1 Å². The number of nitrogens with two attached hydrogens (primary N) is 1. The Labute approximate surface area is 103 Å². The normalized spacial score (nSPS) is 15.1. The fourth-order valence-corrected chi connectivity index (χ4v) is 2.45. The van der Waals surface area contributed by atoms with Gasteiger partial charge < -0.3 is 10.3 Å². The third kappa shape index (κ3) is 2.07. The molecule has 0 saturated carbocycles. The number of hydrogen-bond donors (Lipinski definition) is 1. The van der Waals surface area contributed by atoms with E-state index in [2.05, 4.69) is 43.5 Å². The maximum Gasteiger partial charge on any atom is 0.129 e. The van der Waals surface area contributed by atoms with E-state index in [4.69, 9.17) is 10.7 Å². The van der Waals surface area contributed by atoms with E-state index in [-0.39, 0.29) is 5.54 Å². The Morgan fingerprint density at radius 3 is 2.76 bits per heavy atom. The van der Waals surface area contributed by atoms with Crippen LogP contribution in [0.25, 0.3) is 11.0 Å². The van der Waals surface area contributed by atoms with Crippen molar-refractivity contribution in [3.05, 3.63) is 29.6 Å². The van der Waals surface area contributed by atoms with E-state index >= 15 is 0 Å². The first-order valence-corrected chi connectivity index (χ1v) is 6.18. The van der Waals surface area contributed by atoms with Crippen LogP contribution in [0, 0.1) is 6.92 Å². The van der Waals surface area contributed by atoms with Gasteiger partial charge in [-0.2, -0.15) is 0 Å². The predicted octanol–water partition coefficient (Wildman–Crippen LogP) is 2.86. The summed E-state index contributed by atoms with van der Waals surface area (Å²) in [5.74, 6) is 0.972. The Balaban J connectivity index is 2.59. The molecular weight excluding hydrogens is 210 g/mol. The second-order valence-corrected chi connectivity index (χ2v) is 5.15. The van der Waals surface area contributed by atoms with Crippen LogP contribution in [0.3, 0.4) is 0 Å². The second kappa shape index (κ2) is 4.15. The fourth-order valence-electron chi connectivity index (χ4n) is 2.45. The van der Waals surface area contributed by atoms with Crippen molar-refractivity contribution in [3.8, 4) is 0 Å². The largest absolute Gasteiger partial charge is 0.330 e. The minimum absolute atomic E-state index is 0.351. The van der Waals surface area contributed by atoms with E-state index in [1.165, 1.54) is 5.56 Å². The summed E-state index contributed by atoms with van der Waals surface area (Å²) in [6, 6.07) is 6.34. The van der Waals surface area contributed by atoms with Crippen molar-refractivity contribution in [2.24, 2.45) is 12.8 Å². The Bertz CT molecular complexity index is 538. The smallest absolute Gasteiger partial charge is 0.129 e. The summed E-state index contributed by atoms with van der Waals surface area (Å²) in [6.07, 6.45) is 2.01. The Hall–Kier alpha value is -1.35. The molecule has 0 saturated heterocycles. The SMILES string of the molecule is CCCC(C)(N)c1nc2cc(C)ccc2n1C. The maximum atomic E-state index is 6.37.